The Morgan fingerprint density at radius 3 is 3.00 bits per heavy atom. The molecule has 0 saturated carbocycles. The Balaban J connectivity index is 2.76. The molecule has 0 fully saturated rings. The molecular formula is C5H5O2. The number of hydrogen-bond acceptors (Lipinski definition) is 2. The highest BCUT2D eigenvalue weighted by Gasteiger charge is 1.86. The maximum Gasteiger partial charge on any atom is 0.169 e. The van der Waals surface area contributed by atoms with Crippen LogP contribution in [0.25, 0.3) is 0 Å². The van der Waals surface area contributed by atoms with Crippen molar-refractivity contribution in [2.75, 3.05) is 0 Å². The highest BCUT2D eigenvalue weighted by atomic mass is 16.4. The van der Waals surface area contributed by atoms with Gasteiger partial charge in [-0.3, -0.25) is 0 Å². The van der Waals surface area contributed by atoms with E-state index in [1.807, 2.05) is 0 Å². The van der Waals surface area contributed by atoms with E-state index in [4.69, 9.17) is 5.11 Å². The van der Waals surface area contributed by atoms with Gasteiger partial charge in [0.25, 0.3) is 0 Å². The zero-order valence-electron chi connectivity index (χ0n) is 3.72. The second-order valence-electron chi connectivity index (χ2n) is 1.18. The Labute approximate surface area is 41.4 Å². The maximum atomic E-state index is 8.31. The molecule has 0 saturated heterocycles. The van der Waals surface area contributed by atoms with Crippen molar-refractivity contribution in [2.45, 2.75) is 6.61 Å². The van der Waals surface area contributed by atoms with E-state index in [0.29, 0.717) is 5.76 Å². The zero-order valence-corrected chi connectivity index (χ0v) is 3.72. The van der Waals surface area contributed by atoms with Crippen molar-refractivity contribution in [2.24, 2.45) is 0 Å². The highest BCUT2D eigenvalue weighted by Crippen LogP contribution is 1.95. The minimum Gasteiger partial charge on any atom is -0.455 e. The number of furan rings is 1. The van der Waals surface area contributed by atoms with Gasteiger partial charge >= 0.3 is 0 Å². The van der Waals surface area contributed by atoms with Gasteiger partial charge in [-0.15, -0.1) is 0 Å². The third-order valence-corrected chi connectivity index (χ3v) is 0.683. The highest BCUT2D eigenvalue weighted by molar-refractivity contribution is 4.94. The van der Waals surface area contributed by atoms with Crippen molar-refractivity contribution in [1.82, 2.24) is 0 Å². The van der Waals surface area contributed by atoms with Crippen LogP contribution in [0.15, 0.2) is 16.5 Å². The lowest BCUT2D eigenvalue weighted by Crippen LogP contribution is -1.72. The SMILES string of the molecule is OCc1cc[c]o1. The maximum absolute atomic E-state index is 8.31. The summed E-state index contributed by atoms with van der Waals surface area (Å²) in [5.41, 5.74) is 0. The fourth-order valence-corrected chi connectivity index (χ4v) is 0.356. The molecule has 0 spiro atoms. The van der Waals surface area contributed by atoms with Gasteiger partial charge in [0.05, 0.1) is 0 Å². The first-order valence-electron chi connectivity index (χ1n) is 1.99. The Morgan fingerprint density at radius 1 is 1.86 bits per heavy atom. The van der Waals surface area contributed by atoms with Crippen LogP contribution < -0.4 is 0 Å². The van der Waals surface area contributed by atoms with E-state index in [9.17, 15) is 0 Å². The van der Waals surface area contributed by atoms with Gasteiger partial charge in [-0.2, -0.15) is 0 Å². The van der Waals surface area contributed by atoms with E-state index in [2.05, 4.69) is 10.7 Å². The summed E-state index contributed by atoms with van der Waals surface area (Å²) in [7, 11) is 0. The van der Waals surface area contributed by atoms with E-state index < -0.39 is 0 Å². The zero-order chi connectivity index (χ0) is 5.11. The molecular weight excluding hydrogens is 92.1 g/mol. The standard InChI is InChI=1S/C5H5O2/c6-4-5-2-1-3-7-5/h1-2,6H,4H2. The summed E-state index contributed by atoms with van der Waals surface area (Å²) in [6.45, 7) is -0.0382. The van der Waals surface area contributed by atoms with Crippen LogP contribution in [0.1, 0.15) is 5.76 Å². The lowest BCUT2D eigenvalue weighted by atomic mass is 10.5. The predicted molar refractivity (Wildman–Crippen MR) is 23.5 cm³/mol. The number of aliphatic hydroxyl groups excluding tert-OH is 1. The van der Waals surface area contributed by atoms with E-state index in [1.54, 1.807) is 12.1 Å². The van der Waals surface area contributed by atoms with E-state index in [0.717, 1.165) is 0 Å². The Morgan fingerprint density at radius 2 is 2.71 bits per heavy atom. The van der Waals surface area contributed by atoms with Gasteiger partial charge in [0.15, 0.2) is 6.26 Å². The normalized spacial score (nSPS) is 9.29. The molecule has 1 aromatic heterocycles. The largest absolute Gasteiger partial charge is 0.455 e. The molecule has 1 heterocycles. The molecule has 7 heavy (non-hydrogen) atoms. The molecule has 0 amide bonds. The molecule has 1 N–H and O–H groups in total. The minimum atomic E-state index is -0.0382. The van der Waals surface area contributed by atoms with Gasteiger partial charge < -0.3 is 9.52 Å². The molecule has 37 valence electrons. The average Bonchev–Trinajstić information content (AvgIpc) is 2.14. The minimum absolute atomic E-state index is 0.0382. The monoisotopic (exact) mass is 97.0 g/mol. The molecule has 1 radical (unpaired) electrons. The first-order chi connectivity index (χ1) is 3.43. The van der Waals surface area contributed by atoms with Crippen molar-refractivity contribution in [3.8, 4) is 0 Å². The molecule has 1 aromatic rings. The molecule has 0 aliphatic carbocycles. The Bertz CT molecular complexity index is 121. The lowest BCUT2D eigenvalue weighted by Gasteiger charge is -1.78. The summed E-state index contributed by atoms with van der Waals surface area (Å²) in [6.07, 6.45) is 2.45. The molecule has 0 aliphatic heterocycles. The van der Waals surface area contributed by atoms with Gasteiger partial charge in [0.2, 0.25) is 0 Å². The lowest BCUT2D eigenvalue weighted by molar-refractivity contribution is 0.246. The van der Waals surface area contributed by atoms with Gasteiger partial charge in [-0.25, -0.2) is 0 Å². The summed E-state index contributed by atoms with van der Waals surface area (Å²) in [4.78, 5) is 0. The van der Waals surface area contributed by atoms with Crippen LogP contribution >= 0.6 is 0 Å². The van der Waals surface area contributed by atoms with Crippen molar-refractivity contribution in [1.29, 1.82) is 0 Å². The predicted octanol–water partition coefficient (Wildman–Crippen LogP) is 0.572. The van der Waals surface area contributed by atoms with Gasteiger partial charge in [0, 0.05) is 0 Å². The fourth-order valence-electron chi connectivity index (χ4n) is 0.356. The van der Waals surface area contributed by atoms with Crippen LogP contribution in [0, 0.1) is 6.26 Å². The summed E-state index contributed by atoms with van der Waals surface area (Å²) in [5, 5.41) is 8.31. The second-order valence-corrected chi connectivity index (χ2v) is 1.18. The number of hydrogen-bond donors (Lipinski definition) is 1. The Kier molecular flexibility index (Phi) is 1.13. The van der Waals surface area contributed by atoms with Crippen LogP contribution in [0.2, 0.25) is 0 Å². The van der Waals surface area contributed by atoms with Crippen molar-refractivity contribution in [3.05, 3.63) is 24.2 Å². The summed E-state index contributed by atoms with van der Waals surface area (Å²) in [6, 6.07) is 3.28. The van der Waals surface area contributed by atoms with Gasteiger partial charge in [0.1, 0.15) is 12.4 Å². The molecule has 0 aliphatic rings. The molecule has 2 nitrogen and oxygen atoms in total. The molecule has 2 heteroatoms. The third kappa shape index (κ3) is 0.810. The summed E-state index contributed by atoms with van der Waals surface area (Å²) in [5.74, 6) is 0.556. The van der Waals surface area contributed by atoms with Crippen molar-refractivity contribution in [3.63, 3.8) is 0 Å². The average molecular weight is 97.1 g/mol. The second kappa shape index (κ2) is 1.80. The van der Waals surface area contributed by atoms with Crippen LogP contribution in [0.3, 0.4) is 0 Å². The van der Waals surface area contributed by atoms with E-state index >= 15 is 0 Å². The number of aliphatic hydroxyl groups is 1. The van der Waals surface area contributed by atoms with Crippen LogP contribution in [-0.2, 0) is 6.61 Å². The van der Waals surface area contributed by atoms with E-state index in [-0.39, 0.29) is 6.61 Å². The van der Waals surface area contributed by atoms with Crippen LogP contribution in [0.4, 0.5) is 0 Å². The van der Waals surface area contributed by atoms with Crippen LogP contribution in [-0.4, -0.2) is 5.11 Å². The van der Waals surface area contributed by atoms with Crippen molar-refractivity contribution < 1.29 is 9.52 Å². The quantitative estimate of drug-likeness (QED) is 0.555. The van der Waals surface area contributed by atoms with Gasteiger partial charge in [-0.05, 0) is 12.1 Å². The van der Waals surface area contributed by atoms with Crippen molar-refractivity contribution >= 4 is 0 Å². The fraction of sp³-hybridized carbons (Fsp3) is 0.200. The Hall–Kier alpha value is -0.760. The molecule has 0 aromatic carbocycles. The topological polar surface area (TPSA) is 33.4 Å². The molecule has 1 rings (SSSR count). The first kappa shape index (κ1) is 4.40. The third-order valence-electron chi connectivity index (χ3n) is 0.683. The van der Waals surface area contributed by atoms with E-state index in [1.165, 1.54) is 0 Å². The van der Waals surface area contributed by atoms with Crippen LogP contribution in [0.5, 0.6) is 0 Å². The molecule has 0 bridgehead atoms. The first-order valence-corrected chi connectivity index (χ1v) is 1.99. The smallest absolute Gasteiger partial charge is 0.169 e. The molecule has 0 unspecified atom stereocenters. The summed E-state index contributed by atoms with van der Waals surface area (Å²) >= 11 is 0. The number of rotatable bonds is 1. The van der Waals surface area contributed by atoms with Gasteiger partial charge in [-0.1, -0.05) is 0 Å². The summed E-state index contributed by atoms with van der Waals surface area (Å²) < 4.78 is 4.61. The molecule has 0 atom stereocenters.